The molecule has 0 aliphatic rings. The first-order valence-electron chi connectivity index (χ1n) is 5.70. The molecule has 0 saturated heterocycles. The first-order valence-corrected chi connectivity index (χ1v) is 6.58. The molecule has 2 heteroatoms. The summed E-state index contributed by atoms with van der Waals surface area (Å²) >= 11 is 1.93. The molecule has 0 bridgehead atoms. The SMILES string of the molecule is CCC(C)Sc1ccccc1C(N)CC. The van der Waals surface area contributed by atoms with Crippen molar-refractivity contribution in [3.63, 3.8) is 0 Å². The van der Waals surface area contributed by atoms with Crippen molar-refractivity contribution in [1.82, 2.24) is 0 Å². The van der Waals surface area contributed by atoms with Gasteiger partial charge in [0.2, 0.25) is 0 Å². The van der Waals surface area contributed by atoms with Gasteiger partial charge in [-0.1, -0.05) is 39.0 Å². The van der Waals surface area contributed by atoms with E-state index in [0.29, 0.717) is 5.25 Å². The van der Waals surface area contributed by atoms with E-state index in [1.165, 1.54) is 16.9 Å². The maximum Gasteiger partial charge on any atom is 0.0303 e. The predicted molar refractivity (Wildman–Crippen MR) is 69.3 cm³/mol. The van der Waals surface area contributed by atoms with Crippen molar-refractivity contribution in [3.05, 3.63) is 29.8 Å². The minimum atomic E-state index is 0.178. The summed E-state index contributed by atoms with van der Waals surface area (Å²) in [6, 6.07) is 8.68. The average molecular weight is 223 g/mol. The maximum atomic E-state index is 6.10. The number of hydrogen-bond donors (Lipinski definition) is 1. The molecule has 0 heterocycles. The first kappa shape index (κ1) is 12.6. The number of nitrogens with two attached hydrogens (primary N) is 1. The molecule has 0 aromatic heterocycles. The normalized spacial score (nSPS) is 14.9. The molecule has 1 aromatic rings. The Kier molecular flexibility index (Phi) is 5.20. The summed E-state index contributed by atoms with van der Waals surface area (Å²) in [6.07, 6.45) is 2.19. The molecule has 0 spiro atoms. The number of thioether (sulfide) groups is 1. The van der Waals surface area contributed by atoms with Gasteiger partial charge in [0, 0.05) is 16.2 Å². The quantitative estimate of drug-likeness (QED) is 0.764. The summed E-state index contributed by atoms with van der Waals surface area (Å²) in [4.78, 5) is 1.35. The Hall–Kier alpha value is -0.470. The molecule has 1 aromatic carbocycles. The minimum Gasteiger partial charge on any atom is -0.324 e. The van der Waals surface area contributed by atoms with E-state index >= 15 is 0 Å². The number of rotatable bonds is 5. The number of hydrogen-bond acceptors (Lipinski definition) is 2. The largest absolute Gasteiger partial charge is 0.324 e. The highest BCUT2D eigenvalue weighted by atomic mass is 32.2. The molecule has 15 heavy (non-hydrogen) atoms. The first-order chi connectivity index (χ1) is 7.19. The number of benzene rings is 1. The van der Waals surface area contributed by atoms with E-state index in [1.54, 1.807) is 0 Å². The average Bonchev–Trinajstić information content (AvgIpc) is 2.28. The minimum absolute atomic E-state index is 0.178. The fraction of sp³-hybridized carbons (Fsp3) is 0.538. The second-order valence-electron chi connectivity index (χ2n) is 3.89. The maximum absolute atomic E-state index is 6.10. The van der Waals surface area contributed by atoms with Crippen LogP contribution >= 0.6 is 11.8 Å². The smallest absolute Gasteiger partial charge is 0.0303 e. The molecule has 0 radical (unpaired) electrons. The van der Waals surface area contributed by atoms with Crippen LogP contribution in [0.4, 0.5) is 0 Å². The van der Waals surface area contributed by atoms with Crippen LogP contribution in [0.2, 0.25) is 0 Å². The summed E-state index contributed by atoms with van der Waals surface area (Å²) in [5.74, 6) is 0. The molecule has 0 aliphatic carbocycles. The lowest BCUT2D eigenvalue weighted by atomic mass is 10.1. The Bertz CT molecular complexity index is 298. The molecular weight excluding hydrogens is 202 g/mol. The topological polar surface area (TPSA) is 26.0 Å². The highest BCUT2D eigenvalue weighted by Crippen LogP contribution is 2.31. The Morgan fingerprint density at radius 3 is 2.47 bits per heavy atom. The van der Waals surface area contributed by atoms with Crippen molar-refractivity contribution < 1.29 is 0 Å². The summed E-state index contributed by atoms with van der Waals surface area (Å²) < 4.78 is 0. The van der Waals surface area contributed by atoms with Crippen LogP contribution in [0.3, 0.4) is 0 Å². The molecule has 0 fully saturated rings. The van der Waals surface area contributed by atoms with Gasteiger partial charge in [-0.15, -0.1) is 11.8 Å². The lowest BCUT2D eigenvalue weighted by Gasteiger charge is -2.16. The van der Waals surface area contributed by atoms with Crippen molar-refractivity contribution in [2.24, 2.45) is 5.73 Å². The van der Waals surface area contributed by atoms with E-state index in [4.69, 9.17) is 5.73 Å². The third kappa shape index (κ3) is 3.54. The van der Waals surface area contributed by atoms with Crippen molar-refractivity contribution in [1.29, 1.82) is 0 Å². The van der Waals surface area contributed by atoms with Crippen molar-refractivity contribution >= 4 is 11.8 Å². The predicted octanol–water partition coefficient (Wildman–Crippen LogP) is 3.99. The fourth-order valence-electron chi connectivity index (χ4n) is 1.41. The van der Waals surface area contributed by atoms with Gasteiger partial charge in [-0.05, 0) is 24.5 Å². The Morgan fingerprint density at radius 2 is 1.87 bits per heavy atom. The molecule has 2 N–H and O–H groups in total. The third-order valence-corrected chi connectivity index (χ3v) is 4.02. The Balaban J connectivity index is 2.86. The summed E-state index contributed by atoms with van der Waals surface area (Å²) in [7, 11) is 0. The van der Waals surface area contributed by atoms with Crippen molar-refractivity contribution in [2.75, 3.05) is 0 Å². The van der Waals surface area contributed by atoms with Gasteiger partial charge in [0.05, 0.1) is 0 Å². The van der Waals surface area contributed by atoms with Gasteiger partial charge in [-0.3, -0.25) is 0 Å². The van der Waals surface area contributed by atoms with E-state index in [1.807, 2.05) is 11.8 Å². The second kappa shape index (κ2) is 6.19. The molecule has 2 unspecified atom stereocenters. The fourth-order valence-corrected chi connectivity index (χ4v) is 2.53. The molecule has 2 atom stereocenters. The Morgan fingerprint density at radius 1 is 1.20 bits per heavy atom. The van der Waals surface area contributed by atoms with E-state index < -0.39 is 0 Å². The lowest BCUT2D eigenvalue weighted by Crippen LogP contribution is -2.10. The van der Waals surface area contributed by atoms with Crippen LogP contribution in [0.5, 0.6) is 0 Å². The zero-order chi connectivity index (χ0) is 11.3. The zero-order valence-corrected chi connectivity index (χ0v) is 10.7. The Labute approximate surface area is 97.4 Å². The van der Waals surface area contributed by atoms with Gasteiger partial charge in [0.25, 0.3) is 0 Å². The van der Waals surface area contributed by atoms with Crippen molar-refractivity contribution in [2.45, 2.75) is 49.8 Å². The van der Waals surface area contributed by atoms with Gasteiger partial charge in [-0.25, -0.2) is 0 Å². The van der Waals surface area contributed by atoms with Crippen LogP contribution in [-0.2, 0) is 0 Å². The van der Waals surface area contributed by atoms with Crippen LogP contribution in [0, 0.1) is 0 Å². The van der Waals surface area contributed by atoms with Gasteiger partial charge >= 0.3 is 0 Å². The van der Waals surface area contributed by atoms with Crippen molar-refractivity contribution in [3.8, 4) is 0 Å². The van der Waals surface area contributed by atoms with E-state index in [0.717, 1.165) is 6.42 Å². The molecule has 1 nitrogen and oxygen atoms in total. The van der Waals surface area contributed by atoms with Crippen LogP contribution in [0.15, 0.2) is 29.2 Å². The third-order valence-electron chi connectivity index (χ3n) is 2.66. The summed E-state index contributed by atoms with van der Waals surface area (Å²) in [5, 5.41) is 0.662. The van der Waals surface area contributed by atoms with Gasteiger partial charge in [-0.2, -0.15) is 0 Å². The molecule has 84 valence electrons. The molecule has 0 saturated carbocycles. The molecule has 1 rings (SSSR count). The standard InChI is InChI=1S/C13H21NS/c1-4-10(3)15-13-9-7-6-8-11(13)12(14)5-2/h6-10,12H,4-5,14H2,1-3H3. The van der Waals surface area contributed by atoms with Crippen LogP contribution < -0.4 is 5.73 Å². The van der Waals surface area contributed by atoms with E-state index in [2.05, 4.69) is 45.0 Å². The zero-order valence-electron chi connectivity index (χ0n) is 9.86. The van der Waals surface area contributed by atoms with Gasteiger partial charge in [0.1, 0.15) is 0 Å². The van der Waals surface area contributed by atoms with Gasteiger partial charge in [0.15, 0.2) is 0 Å². The highest BCUT2D eigenvalue weighted by molar-refractivity contribution is 8.00. The molecular formula is C13H21NS. The van der Waals surface area contributed by atoms with Gasteiger partial charge < -0.3 is 5.73 Å². The van der Waals surface area contributed by atoms with Crippen LogP contribution in [-0.4, -0.2) is 5.25 Å². The highest BCUT2D eigenvalue weighted by Gasteiger charge is 2.10. The van der Waals surface area contributed by atoms with Crippen LogP contribution in [0.1, 0.15) is 45.2 Å². The second-order valence-corrected chi connectivity index (χ2v) is 5.37. The monoisotopic (exact) mass is 223 g/mol. The van der Waals surface area contributed by atoms with Crippen LogP contribution in [0.25, 0.3) is 0 Å². The summed E-state index contributed by atoms with van der Waals surface area (Å²) in [6.45, 7) is 6.62. The lowest BCUT2D eigenvalue weighted by molar-refractivity contribution is 0.685. The van der Waals surface area contributed by atoms with E-state index in [-0.39, 0.29) is 6.04 Å². The molecule has 0 amide bonds. The summed E-state index contributed by atoms with van der Waals surface area (Å²) in [5.41, 5.74) is 7.40. The van der Waals surface area contributed by atoms with E-state index in [9.17, 15) is 0 Å². The molecule has 0 aliphatic heterocycles.